The molecule has 0 saturated heterocycles. The van der Waals surface area contributed by atoms with Crippen LogP contribution in [0.5, 0.6) is 0 Å². The van der Waals surface area contributed by atoms with Gasteiger partial charge in [-0.05, 0) is 49.6 Å². The number of carbonyl (C=O) groups excluding carboxylic acids is 3. The molecule has 0 radical (unpaired) electrons. The van der Waals surface area contributed by atoms with E-state index in [1.54, 1.807) is 43.3 Å². The van der Waals surface area contributed by atoms with Crippen LogP contribution in [0.25, 0.3) is 0 Å². The zero-order chi connectivity index (χ0) is 23.8. The van der Waals surface area contributed by atoms with Gasteiger partial charge in [-0.25, -0.2) is 4.99 Å². The lowest BCUT2D eigenvalue weighted by atomic mass is 10.1. The number of carbonyl (C=O) groups is 3. The number of nitrogens with one attached hydrogen (secondary N) is 2. The number of aliphatic imine (C=N–C) groups is 1. The summed E-state index contributed by atoms with van der Waals surface area (Å²) in [7, 11) is 3.46. The van der Waals surface area contributed by atoms with Crippen molar-refractivity contribution in [3.63, 3.8) is 0 Å². The van der Waals surface area contributed by atoms with Crippen LogP contribution in [0.4, 0.5) is 0 Å². The molecule has 8 nitrogen and oxygen atoms in total. The maximum absolute atomic E-state index is 12.4. The van der Waals surface area contributed by atoms with Crippen LogP contribution in [0.2, 0.25) is 0 Å². The zero-order valence-corrected chi connectivity index (χ0v) is 22.2. The number of hydrogen-bond donors (Lipinski definition) is 2. The Kier molecular flexibility index (Phi) is 10.5. The highest BCUT2D eigenvalue weighted by molar-refractivity contribution is 14.0. The van der Waals surface area contributed by atoms with Crippen molar-refractivity contribution in [3.8, 4) is 0 Å². The number of rotatable bonds is 9. The Bertz CT molecular complexity index is 1000. The SMILES string of the molecule is CCNC(=NCc1ccc(C(=O)N(C)C)cc1)NCCCCN1C(=O)c2ccccc2C1=O.I. The molecule has 1 heterocycles. The highest BCUT2D eigenvalue weighted by atomic mass is 127. The van der Waals surface area contributed by atoms with Crippen molar-refractivity contribution < 1.29 is 14.4 Å². The first-order valence-corrected chi connectivity index (χ1v) is 11.2. The molecule has 3 rings (SSSR count). The van der Waals surface area contributed by atoms with Gasteiger partial charge < -0.3 is 15.5 Å². The van der Waals surface area contributed by atoms with E-state index in [2.05, 4.69) is 15.6 Å². The van der Waals surface area contributed by atoms with Crippen LogP contribution in [0.3, 0.4) is 0 Å². The van der Waals surface area contributed by atoms with Crippen LogP contribution >= 0.6 is 24.0 Å². The molecule has 0 aromatic heterocycles. The van der Waals surface area contributed by atoms with Crippen LogP contribution in [-0.2, 0) is 6.54 Å². The third-order valence-electron chi connectivity index (χ3n) is 5.35. The van der Waals surface area contributed by atoms with Gasteiger partial charge in [0.15, 0.2) is 5.96 Å². The first-order chi connectivity index (χ1) is 15.9. The minimum absolute atomic E-state index is 0. The number of nitrogens with zero attached hydrogens (tertiary/aromatic N) is 3. The first-order valence-electron chi connectivity index (χ1n) is 11.2. The predicted molar refractivity (Wildman–Crippen MR) is 144 cm³/mol. The summed E-state index contributed by atoms with van der Waals surface area (Å²) in [6.07, 6.45) is 1.50. The number of amides is 3. The van der Waals surface area contributed by atoms with Crippen LogP contribution < -0.4 is 10.6 Å². The lowest BCUT2D eigenvalue weighted by Crippen LogP contribution is -2.38. The van der Waals surface area contributed by atoms with Gasteiger partial charge in [-0.15, -0.1) is 24.0 Å². The zero-order valence-electron chi connectivity index (χ0n) is 19.8. The molecule has 0 bridgehead atoms. The summed E-state index contributed by atoms with van der Waals surface area (Å²) in [5.74, 6) is 0.251. The summed E-state index contributed by atoms with van der Waals surface area (Å²) in [5, 5.41) is 6.51. The molecule has 2 aromatic rings. The van der Waals surface area contributed by atoms with E-state index in [1.165, 1.54) is 4.90 Å². The molecule has 2 N–H and O–H groups in total. The fourth-order valence-electron chi connectivity index (χ4n) is 3.57. The monoisotopic (exact) mass is 577 g/mol. The summed E-state index contributed by atoms with van der Waals surface area (Å²) in [6.45, 7) is 4.30. The van der Waals surface area contributed by atoms with Crippen molar-refractivity contribution in [2.75, 3.05) is 33.7 Å². The third-order valence-corrected chi connectivity index (χ3v) is 5.35. The van der Waals surface area contributed by atoms with E-state index in [4.69, 9.17) is 0 Å². The second-order valence-corrected chi connectivity index (χ2v) is 8.03. The van der Waals surface area contributed by atoms with Crippen molar-refractivity contribution >= 4 is 47.7 Å². The molecule has 182 valence electrons. The fourth-order valence-corrected chi connectivity index (χ4v) is 3.57. The molecule has 0 unspecified atom stereocenters. The highest BCUT2D eigenvalue weighted by Crippen LogP contribution is 2.22. The Hall–Kier alpha value is -2.95. The van der Waals surface area contributed by atoms with Crippen LogP contribution in [0.15, 0.2) is 53.5 Å². The number of imide groups is 1. The first kappa shape index (κ1) is 27.3. The van der Waals surface area contributed by atoms with Crippen molar-refractivity contribution in [3.05, 3.63) is 70.8 Å². The molecule has 34 heavy (non-hydrogen) atoms. The van der Waals surface area contributed by atoms with Gasteiger partial charge in [-0.3, -0.25) is 19.3 Å². The average Bonchev–Trinajstić information content (AvgIpc) is 3.07. The molecule has 0 aliphatic carbocycles. The smallest absolute Gasteiger partial charge is 0.261 e. The second-order valence-electron chi connectivity index (χ2n) is 8.03. The summed E-state index contributed by atoms with van der Waals surface area (Å²) in [6, 6.07) is 14.4. The molecule has 0 spiro atoms. The summed E-state index contributed by atoms with van der Waals surface area (Å²) in [5.41, 5.74) is 2.63. The van der Waals surface area contributed by atoms with Crippen molar-refractivity contribution in [2.24, 2.45) is 4.99 Å². The molecular formula is C25H32IN5O3. The second kappa shape index (κ2) is 13.1. The molecule has 3 amide bonds. The van der Waals surface area contributed by atoms with Crippen LogP contribution in [0.1, 0.15) is 56.4 Å². The maximum Gasteiger partial charge on any atom is 0.261 e. The van der Waals surface area contributed by atoms with Gasteiger partial charge in [-0.1, -0.05) is 24.3 Å². The van der Waals surface area contributed by atoms with Crippen molar-refractivity contribution in [1.29, 1.82) is 0 Å². The molecule has 2 aromatic carbocycles. The van der Waals surface area contributed by atoms with Gasteiger partial charge in [-0.2, -0.15) is 0 Å². The number of halogens is 1. The quantitative estimate of drug-likeness (QED) is 0.157. The van der Waals surface area contributed by atoms with Crippen LogP contribution in [-0.4, -0.2) is 67.2 Å². The van der Waals surface area contributed by atoms with Gasteiger partial charge >= 0.3 is 0 Å². The number of benzene rings is 2. The molecule has 0 fully saturated rings. The standard InChI is InChI=1S/C25H31N5O3.HI/c1-4-26-25(28-17-18-11-13-19(14-12-18)22(31)29(2)3)27-15-7-8-16-30-23(32)20-9-5-6-10-21(20)24(30)33;/h5-6,9-14H,4,7-8,15-17H2,1-3H3,(H2,26,27,28);1H. The van der Waals surface area contributed by atoms with E-state index in [9.17, 15) is 14.4 Å². The lowest BCUT2D eigenvalue weighted by molar-refractivity contribution is 0.0651. The number of unbranched alkanes of at least 4 members (excludes halogenated alkanes) is 1. The molecule has 0 saturated carbocycles. The third kappa shape index (κ3) is 6.78. The Morgan fingerprint density at radius 1 is 0.941 bits per heavy atom. The van der Waals surface area contributed by atoms with Gasteiger partial charge in [0, 0.05) is 39.3 Å². The topological polar surface area (TPSA) is 94.1 Å². The van der Waals surface area contributed by atoms with E-state index < -0.39 is 0 Å². The Morgan fingerprint density at radius 2 is 1.56 bits per heavy atom. The fraction of sp³-hybridized carbons (Fsp3) is 0.360. The Labute approximate surface area is 217 Å². The van der Waals surface area contributed by atoms with Gasteiger partial charge in [0.25, 0.3) is 17.7 Å². The highest BCUT2D eigenvalue weighted by Gasteiger charge is 2.34. The number of hydrogen-bond acceptors (Lipinski definition) is 4. The maximum atomic E-state index is 12.4. The Balaban J connectivity index is 0.00000408. The van der Waals surface area contributed by atoms with E-state index in [-0.39, 0.29) is 41.7 Å². The van der Waals surface area contributed by atoms with Gasteiger partial charge in [0.05, 0.1) is 17.7 Å². The average molecular weight is 577 g/mol. The number of fused-ring (bicyclic) bond motifs is 1. The minimum atomic E-state index is -0.211. The predicted octanol–water partition coefficient (Wildman–Crippen LogP) is 3.14. The molecular weight excluding hydrogens is 545 g/mol. The van der Waals surface area contributed by atoms with E-state index in [1.807, 2.05) is 31.2 Å². The summed E-state index contributed by atoms with van der Waals surface area (Å²) in [4.78, 5) is 44.3. The largest absolute Gasteiger partial charge is 0.357 e. The van der Waals surface area contributed by atoms with Crippen molar-refractivity contribution in [2.45, 2.75) is 26.3 Å². The molecule has 0 atom stereocenters. The van der Waals surface area contributed by atoms with Gasteiger partial charge in [0.1, 0.15) is 0 Å². The minimum Gasteiger partial charge on any atom is -0.357 e. The molecule has 1 aliphatic rings. The number of guanidine groups is 1. The van der Waals surface area contributed by atoms with Crippen molar-refractivity contribution in [1.82, 2.24) is 20.4 Å². The molecule has 1 aliphatic heterocycles. The van der Waals surface area contributed by atoms with Gasteiger partial charge in [0.2, 0.25) is 0 Å². The Morgan fingerprint density at radius 3 is 2.12 bits per heavy atom. The summed E-state index contributed by atoms with van der Waals surface area (Å²) < 4.78 is 0. The normalized spacial score (nSPS) is 12.8. The van der Waals surface area contributed by atoms with Crippen LogP contribution in [0, 0.1) is 0 Å². The van der Waals surface area contributed by atoms with E-state index >= 15 is 0 Å². The lowest BCUT2D eigenvalue weighted by Gasteiger charge is -2.15. The molecule has 9 heteroatoms. The van der Waals surface area contributed by atoms with E-state index in [0.717, 1.165) is 18.5 Å². The van der Waals surface area contributed by atoms with E-state index in [0.29, 0.717) is 48.7 Å². The summed E-state index contributed by atoms with van der Waals surface area (Å²) >= 11 is 0.